The predicted molar refractivity (Wildman–Crippen MR) is 146 cm³/mol. The van der Waals surface area contributed by atoms with Crippen LogP contribution in [-0.4, -0.2) is 65.9 Å². The molecule has 0 bridgehead atoms. The summed E-state index contributed by atoms with van der Waals surface area (Å²) < 4.78 is 27.0. The van der Waals surface area contributed by atoms with Gasteiger partial charge < -0.3 is 33.9 Å². The minimum Gasteiger partial charge on any atom is -0.497 e. The number of likely N-dealkylation sites (N-methyl/N-ethyl adjacent to an activating group) is 1. The maximum Gasteiger partial charge on any atom is 0.254 e. The molecule has 206 valence electrons. The Kier molecular flexibility index (Phi) is 8.49. The van der Waals surface area contributed by atoms with E-state index >= 15 is 0 Å². The van der Waals surface area contributed by atoms with Crippen molar-refractivity contribution in [1.82, 2.24) is 10.2 Å². The summed E-state index contributed by atoms with van der Waals surface area (Å²) in [5.74, 6) is 1.73. The Labute approximate surface area is 228 Å². The van der Waals surface area contributed by atoms with Gasteiger partial charge >= 0.3 is 0 Å². The summed E-state index contributed by atoms with van der Waals surface area (Å²) in [6, 6.07) is 15.9. The van der Waals surface area contributed by atoms with E-state index in [0.29, 0.717) is 52.8 Å². The molecule has 0 unspecified atom stereocenters. The number of hydrogen-bond donors (Lipinski definition) is 1. The van der Waals surface area contributed by atoms with Crippen LogP contribution >= 0.6 is 0 Å². The van der Waals surface area contributed by atoms with Crippen molar-refractivity contribution >= 4 is 11.8 Å². The Hall–Kier alpha value is -4.40. The molecule has 0 fully saturated rings. The highest BCUT2D eigenvalue weighted by atomic mass is 16.5. The fraction of sp³-hybridized carbons (Fsp3) is 0.333. The summed E-state index contributed by atoms with van der Waals surface area (Å²) in [5.41, 5.74) is 2.79. The van der Waals surface area contributed by atoms with Gasteiger partial charge in [0.2, 0.25) is 5.91 Å². The maximum atomic E-state index is 13.9. The van der Waals surface area contributed by atoms with Gasteiger partial charge in [0.15, 0.2) is 23.0 Å². The summed E-state index contributed by atoms with van der Waals surface area (Å²) in [7, 11) is 9.52. The second-order valence-electron chi connectivity index (χ2n) is 9.14. The van der Waals surface area contributed by atoms with Crippen LogP contribution in [0.5, 0.6) is 28.7 Å². The Morgan fingerprint density at radius 1 is 0.795 bits per heavy atom. The van der Waals surface area contributed by atoms with Crippen LogP contribution in [0.2, 0.25) is 0 Å². The molecule has 0 aromatic heterocycles. The Morgan fingerprint density at radius 2 is 1.41 bits per heavy atom. The highest BCUT2D eigenvalue weighted by molar-refractivity contribution is 6.02. The first-order valence-corrected chi connectivity index (χ1v) is 12.5. The van der Waals surface area contributed by atoms with Gasteiger partial charge in [-0.05, 0) is 59.5 Å². The van der Waals surface area contributed by atoms with Crippen molar-refractivity contribution in [2.45, 2.75) is 18.4 Å². The van der Waals surface area contributed by atoms with E-state index in [9.17, 15) is 9.59 Å². The second-order valence-corrected chi connectivity index (χ2v) is 9.14. The highest BCUT2D eigenvalue weighted by Gasteiger charge is 2.43. The zero-order chi connectivity index (χ0) is 28.1. The summed E-state index contributed by atoms with van der Waals surface area (Å²) in [4.78, 5) is 29.0. The average molecular weight is 535 g/mol. The number of amides is 2. The molecule has 1 aliphatic heterocycles. The van der Waals surface area contributed by atoms with Gasteiger partial charge in [-0.3, -0.25) is 9.59 Å². The van der Waals surface area contributed by atoms with E-state index < -0.39 is 12.0 Å². The number of nitrogens with zero attached hydrogens (tertiary/aromatic N) is 1. The first-order chi connectivity index (χ1) is 18.9. The molecule has 0 radical (unpaired) electrons. The van der Waals surface area contributed by atoms with Crippen molar-refractivity contribution in [3.63, 3.8) is 0 Å². The molecule has 1 N–H and O–H groups in total. The molecular formula is C30H34N2O7. The van der Waals surface area contributed by atoms with Crippen molar-refractivity contribution in [3.05, 3.63) is 76.9 Å². The SMILES string of the molecule is COc1ccc([C@H]2[C@H](C(=O)NCCc3ccc(OC)c(OC)c3)c3cc(OC)c(OC)cc3C(=O)N2C)cc1. The van der Waals surface area contributed by atoms with E-state index in [1.165, 1.54) is 14.2 Å². The van der Waals surface area contributed by atoms with Gasteiger partial charge in [0.05, 0.1) is 47.5 Å². The summed E-state index contributed by atoms with van der Waals surface area (Å²) >= 11 is 0. The van der Waals surface area contributed by atoms with Crippen molar-refractivity contribution in [3.8, 4) is 28.7 Å². The zero-order valence-electron chi connectivity index (χ0n) is 23.1. The van der Waals surface area contributed by atoms with Gasteiger partial charge in [-0.2, -0.15) is 0 Å². The molecule has 0 saturated carbocycles. The largest absolute Gasteiger partial charge is 0.497 e. The molecule has 3 aromatic rings. The minimum absolute atomic E-state index is 0.205. The molecule has 0 saturated heterocycles. The molecule has 3 aromatic carbocycles. The minimum atomic E-state index is -0.693. The first-order valence-electron chi connectivity index (χ1n) is 12.5. The van der Waals surface area contributed by atoms with Crippen LogP contribution in [0.25, 0.3) is 0 Å². The number of nitrogens with one attached hydrogen (secondary N) is 1. The molecule has 2 amide bonds. The third-order valence-corrected chi connectivity index (χ3v) is 7.08. The third-order valence-electron chi connectivity index (χ3n) is 7.08. The van der Waals surface area contributed by atoms with E-state index in [1.807, 2.05) is 42.5 Å². The number of carbonyl (C=O) groups excluding carboxylic acids is 2. The monoisotopic (exact) mass is 534 g/mol. The number of ether oxygens (including phenoxy) is 5. The quantitative estimate of drug-likeness (QED) is 0.420. The summed E-state index contributed by atoms with van der Waals surface area (Å²) in [5, 5.41) is 3.09. The zero-order valence-corrected chi connectivity index (χ0v) is 23.1. The van der Waals surface area contributed by atoms with Crippen LogP contribution in [0.15, 0.2) is 54.6 Å². The number of rotatable bonds is 10. The van der Waals surface area contributed by atoms with Crippen molar-refractivity contribution in [2.24, 2.45) is 0 Å². The fourth-order valence-corrected chi connectivity index (χ4v) is 5.03. The number of methoxy groups -OCH3 is 5. The van der Waals surface area contributed by atoms with Crippen molar-refractivity contribution in [1.29, 1.82) is 0 Å². The van der Waals surface area contributed by atoms with Gasteiger partial charge in [-0.15, -0.1) is 0 Å². The molecule has 9 heteroatoms. The Bertz CT molecular complexity index is 1340. The highest BCUT2D eigenvalue weighted by Crippen LogP contribution is 2.45. The molecule has 0 spiro atoms. The lowest BCUT2D eigenvalue weighted by Crippen LogP contribution is -2.46. The van der Waals surface area contributed by atoms with Crippen LogP contribution in [0.1, 0.15) is 39.0 Å². The van der Waals surface area contributed by atoms with E-state index in [0.717, 1.165) is 11.1 Å². The topological polar surface area (TPSA) is 95.6 Å². The predicted octanol–water partition coefficient (Wildman–Crippen LogP) is 4.00. The number of carbonyl (C=O) groups is 2. The van der Waals surface area contributed by atoms with Crippen LogP contribution in [0, 0.1) is 0 Å². The van der Waals surface area contributed by atoms with Gasteiger partial charge in [0.1, 0.15) is 5.75 Å². The second kappa shape index (κ2) is 12.0. The molecule has 1 aliphatic rings. The van der Waals surface area contributed by atoms with Gasteiger partial charge in [-0.25, -0.2) is 0 Å². The molecule has 2 atom stereocenters. The molecule has 4 rings (SSSR count). The van der Waals surface area contributed by atoms with Gasteiger partial charge in [-0.1, -0.05) is 18.2 Å². The maximum absolute atomic E-state index is 13.9. The van der Waals surface area contributed by atoms with Crippen LogP contribution < -0.4 is 29.0 Å². The molecule has 1 heterocycles. The van der Waals surface area contributed by atoms with Crippen molar-refractivity contribution < 1.29 is 33.3 Å². The van der Waals surface area contributed by atoms with Crippen molar-refractivity contribution in [2.75, 3.05) is 49.1 Å². The fourth-order valence-electron chi connectivity index (χ4n) is 5.03. The van der Waals surface area contributed by atoms with Gasteiger partial charge in [0.25, 0.3) is 5.91 Å². The Morgan fingerprint density at radius 3 is 2.03 bits per heavy atom. The van der Waals surface area contributed by atoms with Crippen LogP contribution in [-0.2, 0) is 11.2 Å². The van der Waals surface area contributed by atoms with E-state index in [4.69, 9.17) is 23.7 Å². The molecule has 9 nitrogen and oxygen atoms in total. The molecule has 39 heavy (non-hydrogen) atoms. The van der Waals surface area contributed by atoms with E-state index in [1.54, 1.807) is 45.4 Å². The van der Waals surface area contributed by atoms with Crippen LogP contribution in [0.4, 0.5) is 0 Å². The average Bonchev–Trinajstić information content (AvgIpc) is 2.97. The number of benzene rings is 3. The lowest BCUT2D eigenvalue weighted by Gasteiger charge is -2.40. The summed E-state index contributed by atoms with van der Waals surface area (Å²) in [6.07, 6.45) is 0.583. The van der Waals surface area contributed by atoms with Crippen LogP contribution in [0.3, 0.4) is 0 Å². The number of fused-ring (bicyclic) bond motifs is 1. The lowest BCUT2D eigenvalue weighted by atomic mass is 9.79. The Balaban J connectivity index is 1.68. The summed E-state index contributed by atoms with van der Waals surface area (Å²) in [6.45, 7) is 0.389. The molecule has 0 aliphatic carbocycles. The smallest absolute Gasteiger partial charge is 0.254 e. The third kappa shape index (κ3) is 5.43. The van der Waals surface area contributed by atoms with E-state index in [-0.39, 0.29) is 11.8 Å². The standard InChI is InChI=1S/C30H34N2O7/c1-32-28(19-8-10-20(35-2)11-9-19)27(21-16-25(38-5)26(39-6)17-22(21)30(32)34)29(33)31-14-13-18-7-12-23(36-3)24(15-18)37-4/h7-12,15-17,27-28H,13-14H2,1-6H3,(H,31,33)/t27-,28+/m1/s1. The normalized spacial score (nSPS) is 16.3. The number of hydrogen-bond acceptors (Lipinski definition) is 7. The first kappa shape index (κ1) is 27.6. The van der Waals surface area contributed by atoms with Gasteiger partial charge in [0, 0.05) is 19.2 Å². The van der Waals surface area contributed by atoms with E-state index in [2.05, 4.69) is 5.32 Å². The molecular weight excluding hydrogens is 500 g/mol. The lowest BCUT2D eigenvalue weighted by molar-refractivity contribution is -0.124.